The first-order valence-electron chi connectivity index (χ1n) is 6.35. The molecule has 0 aliphatic heterocycles. The highest BCUT2D eigenvalue weighted by Crippen LogP contribution is 2.31. The maximum atomic E-state index is 11.1. The first kappa shape index (κ1) is 13.6. The molecule has 2 rings (SSSR count). The van der Waals surface area contributed by atoms with Crippen molar-refractivity contribution in [2.45, 2.75) is 25.8 Å². The maximum Gasteiger partial charge on any atom is 0.306 e. The molecule has 2 unspecified atom stereocenters. The summed E-state index contributed by atoms with van der Waals surface area (Å²) in [6.07, 6.45) is 2.90. The Kier molecular flexibility index (Phi) is 4.78. The molecule has 4 heteroatoms. The molecule has 1 aromatic rings. The largest absolute Gasteiger partial charge is 0.481 e. The van der Waals surface area contributed by atoms with Gasteiger partial charge in [0, 0.05) is 11.0 Å². The van der Waals surface area contributed by atoms with E-state index in [2.05, 4.69) is 27.3 Å². The van der Waals surface area contributed by atoms with Crippen LogP contribution in [-0.2, 0) is 11.3 Å². The summed E-state index contributed by atoms with van der Waals surface area (Å²) in [6, 6.07) is 8.09. The number of rotatable bonds is 5. The average Bonchev–Trinajstić information content (AvgIpc) is 2.80. The summed E-state index contributed by atoms with van der Waals surface area (Å²) in [5.74, 6) is -0.512. The molecule has 0 heterocycles. The number of carboxylic acid groups (broad SMARTS) is 1. The van der Waals surface area contributed by atoms with Crippen LogP contribution >= 0.6 is 15.9 Å². The monoisotopic (exact) mass is 311 g/mol. The maximum absolute atomic E-state index is 11.1. The van der Waals surface area contributed by atoms with Crippen LogP contribution in [0.25, 0.3) is 0 Å². The van der Waals surface area contributed by atoms with Crippen LogP contribution in [0.2, 0.25) is 0 Å². The lowest BCUT2D eigenvalue weighted by Crippen LogP contribution is -2.28. The Morgan fingerprint density at radius 2 is 2.17 bits per heavy atom. The van der Waals surface area contributed by atoms with Gasteiger partial charge in [0.2, 0.25) is 0 Å². The first-order valence-corrected chi connectivity index (χ1v) is 7.14. The minimum atomic E-state index is -0.639. The molecule has 0 bridgehead atoms. The molecule has 1 aromatic carbocycles. The van der Waals surface area contributed by atoms with E-state index in [9.17, 15) is 4.79 Å². The van der Waals surface area contributed by atoms with Gasteiger partial charge < -0.3 is 10.4 Å². The number of carboxylic acids is 1. The Bertz CT molecular complexity index is 422. The molecule has 0 saturated heterocycles. The van der Waals surface area contributed by atoms with E-state index in [4.69, 9.17) is 5.11 Å². The Balaban J connectivity index is 1.82. The molecule has 1 saturated carbocycles. The lowest BCUT2D eigenvalue weighted by molar-refractivity contribution is -0.142. The van der Waals surface area contributed by atoms with Crippen LogP contribution in [0.4, 0.5) is 0 Å². The third kappa shape index (κ3) is 3.33. The molecule has 18 heavy (non-hydrogen) atoms. The van der Waals surface area contributed by atoms with Gasteiger partial charge in [-0.25, -0.2) is 0 Å². The van der Waals surface area contributed by atoms with Gasteiger partial charge in [0.1, 0.15) is 0 Å². The van der Waals surface area contributed by atoms with E-state index >= 15 is 0 Å². The zero-order valence-corrected chi connectivity index (χ0v) is 11.8. The van der Waals surface area contributed by atoms with Crippen molar-refractivity contribution in [2.24, 2.45) is 11.8 Å². The van der Waals surface area contributed by atoms with Gasteiger partial charge in [0.25, 0.3) is 0 Å². The van der Waals surface area contributed by atoms with E-state index in [-0.39, 0.29) is 11.8 Å². The predicted octanol–water partition coefficient (Wildman–Crippen LogP) is 3.04. The second-order valence-electron chi connectivity index (χ2n) is 4.86. The van der Waals surface area contributed by atoms with E-state index in [1.165, 1.54) is 5.56 Å². The van der Waals surface area contributed by atoms with E-state index in [0.717, 1.165) is 36.8 Å². The number of aliphatic carboxylic acids is 1. The molecule has 98 valence electrons. The number of benzene rings is 1. The number of nitrogens with one attached hydrogen (secondary N) is 1. The molecule has 0 spiro atoms. The second-order valence-corrected chi connectivity index (χ2v) is 5.71. The van der Waals surface area contributed by atoms with Crippen molar-refractivity contribution in [3.63, 3.8) is 0 Å². The SMILES string of the molecule is O=C(O)C1CCCC1CNCc1ccccc1Br. The Hall–Kier alpha value is -0.870. The average molecular weight is 312 g/mol. The van der Waals surface area contributed by atoms with Crippen molar-refractivity contribution in [2.75, 3.05) is 6.54 Å². The van der Waals surface area contributed by atoms with Crippen molar-refractivity contribution in [1.29, 1.82) is 0 Å². The molecular formula is C14H18BrNO2. The smallest absolute Gasteiger partial charge is 0.306 e. The van der Waals surface area contributed by atoms with Crippen LogP contribution in [0.15, 0.2) is 28.7 Å². The number of hydrogen-bond donors (Lipinski definition) is 2. The lowest BCUT2D eigenvalue weighted by Gasteiger charge is -2.16. The molecular weight excluding hydrogens is 294 g/mol. The van der Waals surface area contributed by atoms with Crippen LogP contribution in [0.5, 0.6) is 0 Å². The number of hydrogen-bond acceptors (Lipinski definition) is 2. The predicted molar refractivity (Wildman–Crippen MR) is 74.3 cm³/mol. The fourth-order valence-corrected chi connectivity index (χ4v) is 3.07. The van der Waals surface area contributed by atoms with Crippen LogP contribution in [0.3, 0.4) is 0 Å². The fraction of sp³-hybridized carbons (Fsp3) is 0.500. The summed E-state index contributed by atoms with van der Waals surface area (Å²) in [4.78, 5) is 11.1. The third-order valence-electron chi connectivity index (χ3n) is 3.66. The second kappa shape index (κ2) is 6.34. The van der Waals surface area contributed by atoms with E-state index < -0.39 is 5.97 Å². The van der Waals surface area contributed by atoms with E-state index in [0.29, 0.717) is 0 Å². The zero-order valence-electron chi connectivity index (χ0n) is 10.2. The van der Waals surface area contributed by atoms with Crippen LogP contribution in [0.1, 0.15) is 24.8 Å². The first-order chi connectivity index (χ1) is 8.68. The molecule has 1 aliphatic carbocycles. The topological polar surface area (TPSA) is 49.3 Å². The lowest BCUT2D eigenvalue weighted by atomic mass is 9.96. The summed E-state index contributed by atoms with van der Waals surface area (Å²) in [6.45, 7) is 1.57. The van der Waals surface area contributed by atoms with E-state index in [1.54, 1.807) is 0 Å². The Labute approximate surface area is 116 Å². The molecule has 3 nitrogen and oxygen atoms in total. The minimum Gasteiger partial charge on any atom is -0.481 e. The van der Waals surface area contributed by atoms with Gasteiger partial charge in [-0.2, -0.15) is 0 Å². The summed E-state index contributed by atoms with van der Waals surface area (Å²) in [5, 5.41) is 12.5. The molecule has 0 aromatic heterocycles. The highest BCUT2D eigenvalue weighted by Gasteiger charge is 2.32. The standard InChI is InChI=1S/C14H18BrNO2/c15-13-7-2-1-4-11(13)9-16-8-10-5-3-6-12(10)14(17)18/h1-2,4,7,10,12,16H,3,5-6,8-9H2,(H,17,18). The van der Waals surface area contributed by atoms with Gasteiger partial charge >= 0.3 is 5.97 Å². The number of halogens is 1. The normalized spacial score (nSPS) is 23.2. The van der Waals surface area contributed by atoms with Gasteiger partial charge in [-0.1, -0.05) is 40.5 Å². The minimum absolute atomic E-state index is 0.156. The highest BCUT2D eigenvalue weighted by molar-refractivity contribution is 9.10. The molecule has 0 radical (unpaired) electrons. The van der Waals surface area contributed by atoms with Gasteiger partial charge in [0.05, 0.1) is 5.92 Å². The summed E-state index contributed by atoms with van der Waals surface area (Å²) in [7, 11) is 0. The molecule has 1 fully saturated rings. The number of carbonyl (C=O) groups is 1. The van der Waals surface area contributed by atoms with Crippen molar-refractivity contribution in [3.8, 4) is 0 Å². The molecule has 2 atom stereocenters. The van der Waals surface area contributed by atoms with Crippen LogP contribution in [0, 0.1) is 11.8 Å². The quantitative estimate of drug-likeness (QED) is 0.878. The zero-order chi connectivity index (χ0) is 13.0. The highest BCUT2D eigenvalue weighted by atomic mass is 79.9. The fourth-order valence-electron chi connectivity index (χ4n) is 2.64. The van der Waals surface area contributed by atoms with Crippen molar-refractivity contribution < 1.29 is 9.90 Å². The van der Waals surface area contributed by atoms with Crippen LogP contribution in [-0.4, -0.2) is 17.6 Å². The molecule has 1 aliphatic rings. The summed E-state index contributed by atoms with van der Waals surface area (Å²) >= 11 is 3.51. The van der Waals surface area contributed by atoms with Crippen LogP contribution < -0.4 is 5.32 Å². The van der Waals surface area contributed by atoms with Crippen molar-refractivity contribution in [1.82, 2.24) is 5.32 Å². The van der Waals surface area contributed by atoms with Crippen molar-refractivity contribution in [3.05, 3.63) is 34.3 Å². The Morgan fingerprint density at radius 1 is 1.39 bits per heavy atom. The summed E-state index contributed by atoms with van der Waals surface area (Å²) in [5.41, 5.74) is 1.21. The van der Waals surface area contributed by atoms with E-state index in [1.807, 2.05) is 18.2 Å². The Morgan fingerprint density at radius 3 is 2.89 bits per heavy atom. The van der Waals surface area contributed by atoms with Gasteiger partial charge in [0.15, 0.2) is 0 Å². The van der Waals surface area contributed by atoms with Gasteiger partial charge in [-0.15, -0.1) is 0 Å². The molecule has 0 amide bonds. The van der Waals surface area contributed by atoms with Crippen molar-refractivity contribution >= 4 is 21.9 Å². The van der Waals surface area contributed by atoms with Gasteiger partial charge in [-0.05, 0) is 36.9 Å². The summed E-state index contributed by atoms with van der Waals surface area (Å²) < 4.78 is 1.10. The molecule has 2 N–H and O–H groups in total. The van der Waals surface area contributed by atoms with Gasteiger partial charge in [-0.3, -0.25) is 4.79 Å². The third-order valence-corrected chi connectivity index (χ3v) is 4.43.